The molecule has 0 unspecified atom stereocenters. The van der Waals surface area contributed by atoms with E-state index in [1.54, 1.807) is 42.5 Å². The second-order valence-corrected chi connectivity index (χ2v) is 10.0. The van der Waals surface area contributed by atoms with Gasteiger partial charge in [0, 0.05) is 11.1 Å². The lowest BCUT2D eigenvalue weighted by atomic mass is 9.82. The fourth-order valence-electron chi connectivity index (χ4n) is 4.92. The number of hydrogen-bond acceptors (Lipinski definition) is 3. The van der Waals surface area contributed by atoms with Crippen LogP contribution in [-0.2, 0) is 11.3 Å². The van der Waals surface area contributed by atoms with Crippen LogP contribution in [0, 0.1) is 23.3 Å². The van der Waals surface area contributed by atoms with Crippen molar-refractivity contribution >= 4 is 0 Å². The Morgan fingerprint density at radius 1 is 0.692 bits per heavy atom. The third-order valence-electron chi connectivity index (χ3n) is 7.22. The van der Waals surface area contributed by atoms with Crippen LogP contribution < -0.4 is 9.47 Å². The molecule has 1 saturated carbocycles. The molecule has 1 aliphatic carbocycles. The number of rotatable bonds is 12. The maximum Gasteiger partial charge on any atom is 0.200 e. The van der Waals surface area contributed by atoms with Gasteiger partial charge in [0.05, 0.1) is 25.9 Å². The zero-order chi connectivity index (χ0) is 27.8. The van der Waals surface area contributed by atoms with Crippen LogP contribution >= 0.6 is 0 Å². The molecule has 210 valence electrons. The largest absolute Gasteiger partial charge is 0.494 e. The minimum Gasteiger partial charge on any atom is -0.494 e. The van der Waals surface area contributed by atoms with Crippen LogP contribution in [0.1, 0.15) is 75.8 Å². The summed E-state index contributed by atoms with van der Waals surface area (Å²) in [5.74, 6) is -3.13. The molecule has 0 radical (unpaired) electrons. The van der Waals surface area contributed by atoms with Gasteiger partial charge in [-0.25, -0.2) is 13.2 Å². The summed E-state index contributed by atoms with van der Waals surface area (Å²) in [6.07, 6.45) is 4.87. The van der Waals surface area contributed by atoms with Gasteiger partial charge in [-0.1, -0.05) is 50.6 Å². The Labute approximate surface area is 228 Å². The van der Waals surface area contributed by atoms with Crippen LogP contribution in [-0.4, -0.2) is 19.3 Å². The normalized spacial score (nSPS) is 17.3. The lowest BCUT2D eigenvalue weighted by molar-refractivity contribution is 0.0116. The number of halogens is 4. The Morgan fingerprint density at radius 3 is 2.13 bits per heavy atom. The van der Waals surface area contributed by atoms with Crippen molar-refractivity contribution in [1.82, 2.24) is 0 Å². The number of hydrogen-bond donors (Lipinski definition) is 0. The summed E-state index contributed by atoms with van der Waals surface area (Å²) < 4.78 is 75.9. The highest BCUT2D eigenvalue weighted by molar-refractivity contribution is 5.65. The molecule has 7 heteroatoms. The summed E-state index contributed by atoms with van der Waals surface area (Å²) in [5.41, 5.74) is 1.23. The van der Waals surface area contributed by atoms with E-state index in [9.17, 15) is 17.6 Å². The number of benzene rings is 3. The molecule has 4 rings (SSSR count). The second kappa shape index (κ2) is 13.8. The summed E-state index contributed by atoms with van der Waals surface area (Å²) in [6.45, 7) is 4.89. The van der Waals surface area contributed by atoms with E-state index in [0.717, 1.165) is 19.3 Å². The van der Waals surface area contributed by atoms with Gasteiger partial charge in [0.15, 0.2) is 23.2 Å². The smallest absolute Gasteiger partial charge is 0.200 e. The van der Waals surface area contributed by atoms with Gasteiger partial charge in [-0.15, -0.1) is 0 Å². The second-order valence-electron chi connectivity index (χ2n) is 10.0. The standard InChI is InChI=1S/C32H36F4O3/c1-3-5-19-38-28-17-16-27(31(35)32(28)36)22-8-13-25(14-9-22)39-20-23-10-15-26(30(34)29(23)33)21-6-11-24(12-7-21)37-18-4-2/h6-7,10-12,15-17,22,25H,3-5,8-9,13-14,18-20H2,1-2H3. The monoisotopic (exact) mass is 544 g/mol. The Bertz CT molecular complexity index is 1220. The molecule has 0 heterocycles. The van der Waals surface area contributed by atoms with Gasteiger partial charge in [-0.05, 0) is 73.8 Å². The molecular formula is C32H36F4O3. The van der Waals surface area contributed by atoms with E-state index in [1.165, 1.54) is 6.07 Å². The average Bonchev–Trinajstić information content (AvgIpc) is 2.96. The van der Waals surface area contributed by atoms with E-state index in [-0.39, 0.29) is 35.5 Å². The predicted molar refractivity (Wildman–Crippen MR) is 144 cm³/mol. The third kappa shape index (κ3) is 7.13. The molecule has 0 atom stereocenters. The van der Waals surface area contributed by atoms with Crippen LogP contribution in [0.2, 0.25) is 0 Å². The van der Waals surface area contributed by atoms with Gasteiger partial charge in [0.1, 0.15) is 5.75 Å². The summed E-state index contributed by atoms with van der Waals surface area (Å²) in [5, 5.41) is 0. The molecule has 3 aromatic carbocycles. The van der Waals surface area contributed by atoms with Crippen molar-refractivity contribution in [3.05, 3.63) is 82.9 Å². The zero-order valence-electron chi connectivity index (χ0n) is 22.6. The van der Waals surface area contributed by atoms with Gasteiger partial charge in [0.25, 0.3) is 0 Å². The van der Waals surface area contributed by atoms with Gasteiger partial charge in [0.2, 0.25) is 5.82 Å². The minimum atomic E-state index is -0.941. The molecule has 0 aliphatic heterocycles. The SMILES string of the molecule is CCCCOc1ccc(C2CCC(OCc3ccc(-c4ccc(OCCC)cc4)c(F)c3F)CC2)c(F)c1F. The van der Waals surface area contributed by atoms with Crippen molar-refractivity contribution in [2.24, 2.45) is 0 Å². The number of ether oxygens (including phenoxy) is 3. The Morgan fingerprint density at radius 2 is 1.44 bits per heavy atom. The molecule has 0 spiro atoms. The van der Waals surface area contributed by atoms with Crippen molar-refractivity contribution in [3.63, 3.8) is 0 Å². The Balaban J connectivity index is 1.32. The van der Waals surface area contributed by atoms with E-state index < -0.39 is 23.3 Å². The topological polar surface area (TPSA) is 27.7 Å². The molecule has 0 saturated heterocycles. The molecule has 39 heavy (non-hydrogen) atoms. The molecule has 1 aliphatic rings. The zero-order valence-corrected chi connectivity index (χ0v) is 22.6. The highest BCUT2D eigenvalue weighted by Crippen LogP contribution is 2.38. The van der Waals surface area contributed by atoms with E-state index in [0.29, 0.717) is 55.8 Å². The van der Waals surface area contributed by atoms with Crippen molar-refractivity contribution < 1.29 is 31.8 Å². The van der Waals surface area contributed by atoms with Gasteiger partial charge < -0.3 is 14.2 Å². The van der Waals surface area contributed by atoms with E-state index in [1.807, 2.05) is 13.8 Å². The molecule has 3 nitrogen and oxygen atoms in total. The molecule has 0 aromatic heterocycles. The average molecular weight is 545 g/mol. The third-order valence-corrected chi connectivity index (χ3v) is 7.22. The summed E-state index contributed by atoms with van der Waals surface area (Å²) in [4.78, 5) is 0. The number of unbranched alkanes of at least 4 members (excludes halogenated alkanes) is 1. The van der Waals surface area contributed by atoms with Gasteiger partial charge in [-0.2, -0.15) is 4.39 Å². The molecular weight excluding hydrogens is 508 g/mol. The van der Waals surface area contributed by atoms with Gasteiger partial charge >= 0.3 is 0 Å². The van der Waals surface area contributed by atoms with E-state index in [4.69, 9.17) is 14.2 Å². The minimum absolute atomic E-state index is 0.0556. The van der Waals surface area contributed by atoms with Crippen LogP contribution in [0.4, 0.5) is 17.6 Å². The maximum atomic E-state index is 14.9. The van der Waals surface area contributed by atoms with Crippen molar-refractivity contribution in [2.45, 2.75) is 77.4 Å². The fraction of sp³-hybridized carbons (Fsp3) is 0.438. The van der Waals surface area contributed by atoms with Crippen LogP contribution in [0.5, 0.6) is 11.5 Å². The van der Waals surface area contributed by atoms with Crippen molar-refractivity contribution in [2.75, 3.05) is 13.2 Å². The first-order valence-electron chi connectivity index (χ1n) is 13.8. The summed E-state index contributed by atoms with van der Waals surface area (Å²) >= 11 is 0. The molecule has 0 bridgehead atoms. The molecule has 0 amide bonds. The van der Waals surface area contributed by atoms with Gasteiger partial charge in [-0.3, -0.25) is 0 Å². The first-order chi connectivity index (χ1) is 18.9. The van der Waals surface area contributed by atoms with Crippen molar-refractivity contribution in [3.8, 4) is 22.6 Å². The first kappa shape index (κ1) is 28.9. The highest BCUT2D eigenvalue weighted by Gasteiger charge is 2.27. The Kier molecular flexibility index (Phi) is 10.3. The fourth-order valence-corrected chi connectivity index (χ4v) is 4.92. The molecule has 0 N–H and O–H groups in total. The van der Waals surface area contributed by atoms with Crippen LogP contribution in [0.15, 0.2) is 48.5 Å². The highest BCUT2D eigenvalue weighted by atomic mass is 19.2. The Hall–Kier alpha value is -3.06. The summed E-state index contributed by atoms with van der Waals surface area (Å²) in [6, 6.07) is 13.1. The van der Waals surface area contributed by atoms with Crippen molar-refractivity contribution in [1.29, 1.82) is 0 Å². The predicted octanol–water partition coefficient (Wildman–Crippen LogP) is 9.12. The lowest BCUT2D eigenvalue weighted by Gasteiger charge is -2.29. The van der Waals surface area contributed by atoms with E-state index >= 15 is 0 Å². The molecule has 1 fully saturated rings. The van der Waals surface area contributed by atoms with Crippen LogP contribution in [0.3, 0.4) is 0 Å². The first-order valence-corrected chi connectivity index (χ1v) is 13.8. The van der Waals surface area contributed by atoms with Crippen LogP contribution in [0.25, 0.3) is 11.1 Å². The summed E-state index contributed by atoms with van der Waals surface area (Å²) in [7, 11) is 0. The molecule has 3 aromatic rings. The quantitative estimate of drug-likeness (QED) is 0.168. The maximum absolute atomic E-state index is 14.9. The lowest BCUT2D eigenvalue weighted by Crippen LogP contribution is -2.21. The van der Waals surface area contributed by atoms with E-state index in [2.05, 4.69) is 0 Å².